The Balaban J connectivity index is 1.56. The van der Waals surface area contributed by atoms with E-state index in [0.717, 1.165) is 21.1 Å². The maximum atomic E-state index is 12.3. The maximum absolute atomic E-state index is 12.3. The summed E-state index contributed by atoms with van der Waals surface area (Å²) < 4.78 is 5.58. The van der Waals surface area contributed by atoms with Crippen molar-refractivity contribution in [3.05, 3.63) is 74.1 Å². The van der Waals surface area contributed by atoms with Crippen molar-refractivity contribution < 1.29 is 14.6 Å². The van der Waals surface area contributed by atoms with Crippen molar-refractivity contribution in [2.45, 2.75) is 32.6 Å². The maximum Gasteiger partial charge on any atom is 0.251 e. The molecule has 136 valence electrons. The van der Waals surface area contributed by atoms with Crippen LogP contribution in [0.5, 0.6) is 5.75 Å². The largest absolute Gasteiger partial charge is 0.491 e. The lowest BCUT2D eigenvalue weighted by molar-refractivity contribution is 0.0951. The molecule has 2 N–H and O–H groups in total. The standard InChI is InChI=1S/C20H21NO3S2/c1-13(2)24-16-5-3-14(4-6-16)20(23)21-11-17-7-8-18(26-17)19(22)15-9-10-25-12-15/h3-10,12-13,19,22H,11H2,1-2H3,(H,21,23)/t19-/m0/s1. The Labute approximate surface area is 161 Å². The van der Waals surface area contributed by atoms with E-state index in [-0.39, 0.29) is 12.0 Å². The van der Waals surface area contributed by atoms with Crippen LogP contribution < -0.4 is 10.1 Å². The lowest BCUT2D eigenvalue weighted by Crippen LogP contribution is -2.22. The molecular formula is C20H21NO3S2. The van der Waals surface area contributed by atoms with Gasteiger partial charge in [0.05, 0.1) is 12.6 Å². The van der Waals surface area contributed by atoms with Gasteiger partial charge in [-0.15, -0.1) is 11.3 Å². The van der Waals surface area contributed by atoms with Gasteiger partial charge in [-0.2, -0.15) is 11.3 Å². The predicted molar refractivity (Wildman–Crippen MR) is 106 cm³/mol. The second kappa shape index (κ2) is 8.49. The van der Waals surface area contributed by atoms with Crippen LogP contribution in [0.4, 0.5) is 0 Å². The number of amides is 1. The lowest BCUT2D eigenvalue weighted by Gasteiger charge is -2.10. The van der Waals surface area contributed by atoms with E-state index in [4.69, 9.17) is 4.74 Å². The Hall–Kier alpha value is -2.15. The van der Waals surface area contributed by atoms with Crippen molar-refractivity contribution in [2.24, 2.45) is 0 Å². The minimum Gasteiger partial charge on any atom is -0.491 e. The van der Waals surface area contributed by atoms with Gasteiger partial charge < -0.3 is 15.2 Å². The van der Waals surface area contributed by atoms with E-state index in [2.05, 4.69) is 5.32 Å². The molecule has 3 aromatic rings. The van der Waals surface area contributed by atoms with Crippen LogP contribution in [0.15, 0.2) is 53.2 Å². The van der Waals surface area contributed by atoms with Crippen LogP contribution in [0.3, 0.4) is 0 Å². The number of aliphatic hydroxyl groups excluding tert-OH is 1. The third kappa shape index (κ3) is 4.72. The molecule has 0 bridgehead atoms. The molecule has 2 aromatic heterocycles. The number of carbonyl (C=O) groups is 1. The summed E-state index contributed by atoms with van der Waals surface area (Å²) in [6, 6.07) is 12.9. The summed E-state index contributed by atoms with van der Waals surface area (Å²) in [4.78, 5) is 14.2. The minimum atomic E-state index is -0.607. The van der Waals surface area contributed by atoms with Crippen molar-refractivity contribution in [1.82, 2.24) is 5.32 Å². The van der Waals surface area contributed by atoms with Crippen LogP contribution in [0.2, 0.25) is 0 Å². The van der Waals surface area contributed by atoms with Crippen LogP contribution in [0.25, 0.3) is 0 Å². The molecule has 0 saturated heterocycles. The highest BCUT2D eigenvalue weighted by molar-refractivity contribution is 7.12. The van der Waals surface area contributed by atoms with Gasteiger partial charge in [-0.3, -0.25) is 4.79 Å². The summed E-state index contributed by atoms with van der Waals surface area (Å²) in [6.45, 7) is 4.36. The Morgan fingerprint density at radius 2 is 1.92 bits per heavy atom. The molecule has 1 aromatic carbocycles. The molecule has 26 heavy (non-hydrogen) atoms. The molecule has 0 saturated carbocycles. The van der Waals surface area contributed by atoms with Gasteiger partial charge in [0.15, 0.2) is 0 Å². The van der Waals surface area contributed by atoms with Crippen LogP contribution in [0.1, 0.15) is 45.6 Å². The van der Waals surface area contributed by atoms with Crippen molar-refractivity contribution in [1.29, 1.82) is 0 Å². The molecule has 0 radical (unpaired) electrons. The van der Waals surface area contributed by atoms with Crippen LogP contribution in [-0.2, 0) is 6.54 Å². The molecule has 0 aliphatic heterocycles. The van der Waals surface area contributed by atoms with Gasteiger partial charge in [0.25, 0.3) is 5.91 Å². The monoisotopic (exact) mass is 387 g/mol. The second-order valence-electron chi connectivity index (χ2n) is 6.14. The highest BCUT2D eigenvalue weighted by atomic mass is 32.1. The van der Waals surface area contributed by atoms with Gasteiger partial charge in [-0.25, -0.2) is 0 Å². The number of rotatable bonds is 7. The van der Waals surface area contributed by atoms with Crippen LogP contribution >= 0.6 is 22.7 Å². The smallest absolute Gasteiger partial charge is 0.251 e. The molecule has 0 fully saturated rings. The summed E-state index contributed by atoms with van der Waals surface area (Å²) in [5.74, 6) is 0.622. The van der Waals surface area contributed by atoms with Crippen molar-refractivity contribution in [3.63, 3.8) is 0 Å². The van der Waals surface area contributed by atoms with E-state index in [1.165, 1.54) is 11.3 Å². The highest BCUT2D eigenvalue weighted by Gasteiger charge is 2.14. The molecule has 6 heteroatoms. The number of thiophene rings is 2. The summed E-state index contributed by atoms with van der Waals surface area (Å²) in [6.07, 6.45) is -0.503. The molecule has 0 unspecified atom stereocenters. The first-order valence-corrected chi connectivity index (χ1v) is 10.1. The topological polar surface area (TPSA) is 58.6 Å². The van der Waals surface area contributed by atoms with Crippen molar-refractivity contribution in [3.8, 4) is 5.75 Å². The van der Waals surface area contributed by atoms with E-state index in [9.17, 15) is 9.90 Å². The van der Waals surface area contributed by atoms with Gasteiger partial charge in [-0.05, 0) is 72.6 Å². The first-order chi connectivity index (χ1) is 12.5. The zero-order valence-electron chi connectivity index (χ0n) is 14.6. The third-order valence-electron chi connectivity index (χ3n) is 3.72. The zero-order valence-corrected chi connectivity index (χ0v) is 16.3. The number of ether oxygens (including phenoxy) is 1. The van der Waals surface area contributed by atoms with Crippen LogP contribution in [0, 0.1) is 0 Å². The summed E-state index contributed by atoms with van der Waals surface area (Å²) >= 11 is 3.07. The lowest BCUT2D eigenvalue weighted by atomic mass is 10.2. The molecule has 0 aliphatic carbocycles. The SMILES string of the molecule is CC(C)Oc1ccc(C(=O)NCc2ccc([C@@H](O)c3ccsc3)s2)cc1. The Kier molecular flexibility index (Phi) is 6.08. The number of nitrogens with one attached hydrogen (secondary N) is 1. The van der Waals surface area contributed by atoms with E-state index in [1.54, 1.807) is 35.6 Å². The van der Waals surface area contributed by atoms with E-state index < -0.39 is 6.10 Å². The van der Waals surface area contributed by atoms with Crippen LogP contribution in [-0.4, -0.2) is 17.1 Å². The van der Waals surface area contributed by atoms with Gasteiger partial charge in [0, 0.05) is 15.3 Å². The fourth-order valence-corrected chi connectivity index (χ4v) is 4.10. The fraction of sp³-hybridized carbons (Fsp3) is 0.250. The first-order valence-electron chi connectivity index (χ1n) is 8.36. The number of hydrogen-bond donors (Lipinski definition) is 2. The predicted octanol–water partition coefficient (Wildman–Crippen LogP) is 4.61. The summed E-state index contributed by atoms with van der Waals surface area (Å²) in [5, 5.41) is 17.2. The molecule has 1 amide bonds. The van der Waals surface area contributed by atoms with E-state index >= 15 is 0 Å². The number of carbonyl (C=O) groups excluding carboxylic acids is 1. The molecule has 4 nitrogen and oxygen atoms in total. The molecule has 0 spiro atoms. The van der Waals surface area contributed by atoms with Gasteiger partial charge >= 0.3 is 0 Å². The van der Waals surface area contributed by atoms with E-state index in [1.807, 2.05) is 42.8 Å². The average Bonchev–Trinajstić information content (AvgIpc) is 3.31. The first kappa shape index (κ1) is 18.6. The molecule has 1 atom stereocenters. The number of aliphatic hydroxyl groups is 1. The van der Waals surface area contributed by atoms with Crippen molar-refractivity contribution in [2.75, 3.05) is 0 Å². The third-order valence-corrected chi connectivity index (χ3v) is 5.56. The Morgan fingerprint density at radius 1 is 1.15 bits per heavy atom. The van der Waals surface area contributed by atoms with Gasteiger partial charge in [-0.1, -0.05) is 0 Å². The number of hydrogen-bond acceptors (Lipinski definition) is 5. The molecule has 0 aliphatic rings. The van der Waals surface area contributed by atoms with Crippen molar-refractivity contribution >= 4 is 28.6 Å². The average molecular weight is 388 g/mol. The fourth-order valence-electron chi connectivity index (χ4n) is 2.46. The highest BCUT2D eigenvalue weighted by Crippen LogP contribution is 2.29. The normalized spacial score (nSPS) is 12.2. The summed E-state index contributed by atoms with van der Waals surface area (Å²) in [5.41, 5.74) is 1.49. The summed E-state index contributed by atoms with van der Waals surface area (Å²) in [7, 11) is 0. The zero-order chi connectivity index (χ0) is 18.5. The minimum absolute atomic E-state index is 0.104. The Bertz CT molecular complexity index is 838. The molecular weight excluding hydrogens is 366 g/mol. The molecule has 3 rings (SSSR count). The number of benzene rings is 1. The second-order valence-corrected chi connectivity index (χ2v) is 8.12. The Morgan fingerprint density at radius 3 is 2.58 bits per heavy atom. The van der Waals surface area contributed by atoms with E-state index in [0.29, 0.717) is 12.1 Å². The van der Waals surface area contributed by atoms with Gasteiger partial charge in [0.1, 0.15) is 11.9 Å². The molecule has 2 heterocycles. The quantitative estimate of drug-likeness (QED) is 0.622. The van der Waals surface area contributed by atoms with Gasteiger partial charge in [0.2, 0.25) is 0 Å².